The summed E-state index contributed by atoms with van der Waals surface area (Å²) in [6.45, 7) is 3.24. The highest BCUT2D eigenvalue weighted by Gasteiger charge is 2.17. The van der Waals surface area contributed by atoms with Crippen LogP contribution in [-0.2, 0) is 17.9 Å². The maximum atomic E-state index is 12.7. The number of benzene rings is 1. The van der Waals surface area contributed by atoms with E-state index in [4.69, 9.17) is 0 Å². The summed E-state index contributed by atoms with van der Waals surface area (Å²) in [5, 5.41) is 2.84. The molecule has 0 bridgehead atoms. The van der Waals surface area contributed by atoms with Gasteiger partial charge in [-0.2, -0.15) is 0 Å². The molecular formula is C21H25N5O2. The number of hydrogen-bond donors (Lipinski definition) is 1. The molecule has 0 saturated heterocycles. The number of unbranched alkanes of at least 4 members (excludes halogenated alkanes) is 1. The summed E-state index contributed by atoms with van der Waals surface area (Å²) in [7, 11) is 1.82. The van der Waals surface area contributed by atoms with Gasteiger partial charge in [0.05, 0.1) is 17.6 Å². The maximum absolute atomic E-state index is 12.7. The summed E-state index contributed by atoms with van der Waals surface area (Å²) >= 11 is 0. The predicted octanol–water partition coefficient (Wildman–Crippen LogP) is 2.62. The van der Waals surface area contributed by atoms with Crippen LogP contribution in [0, 0.1) is 0 Å². The minimum atomic E-state index is -0.273. The molecule has 1 N–H and O–H groups in total. The van der Waals surface area contributed by atoms with E-state index in [-0.39, 0.29) is 24.9 Å². The van der Waals surface area contributed by atoms with E-state index in [9.17, 15) is 9.59 Å². The molecule has 2 amide bonds. The molecule has 0 aliphatic rings. The smallest absolute Gasteiger partial charge is 0.270 e. The molecule has 2 aromatic heterocycles. The number of rotatable bonds is 8. The lowest BCUT2D eigenvalue weighted by Crippen LogP contribution is -2.32. The molecule has 3 rings (SSSR count). The topological polar surface area (TPSA) is 80.1 Å². The minimum absolute atomic E-state index is 0.0221. The molecule has 2 heterocycles. The highest BCUT2D eigenvalue weighted by atomic mass is 16.2. The van der Waals surface area contributed by atoms with Crippen LogP contribution in [0.5, 0.6) is 0 Å². The van der Waals surface area contributed by atoms with Gasteiger partial charge in [0.15, 0.2) is 0 Å². The zero-order valence-electron chi connectivity index (χ0n) is 16.3. The second kappa shape index (κ2) is 9.12. The molecule has 7 nitrogen and oxygen atoms in total. The van der Waals surface area contributed by atoms with E-state index in [2.05, 4.69) is 22.2 Å². The average molecular weight is 379 g/mol. The van der Waals surface area contributed by atoms with Crippen molar-refractivity contribution in [3.8, 4) is 0 Å². The van der Waals surface area contributed by atoms with Gasteiger partial charge in [-0.05, 0) is 30.7 Å². The minimum Gasteiger partial charge on any atom is -0.344 e. The van der Waals surface area contributed by atoms with Gasteiger partial charge < -0.3 is 14.8 Å². The summed E-state index contributed by atoms with van der Waals surface area (Å²) in [5.74, 6) is 0.391. The number of hydrogen-bond acceptors (Lipinski definition) is 4. The molecule has 0 aliphatic carbocycles. The van der Waals surface area contributed by atoms with Crippen molar-refractivity contribution in [2.45, 2.75) is 32.9 Å². The number of carbonyl (C=O) groups excluding carboxylic acids is 2. The Hall–Kier alpha value is -3.22. The Balaban J connectivity index is 1.79. The van der Waals surface area contributed by atoms with Crippen LogP contribution in [0.2, 0.25) is 0 Å². The number of para-hydroxylation sites is 2. The predicted molar refractivity (Wildman–Crippen MR) is 108 cm³/mol. The fourth-order valence-corrected chi connectivity index (χ4v) is 2.96. The number of aromatic nitrogens is 3. The molecule has 7 heteroatoms. The zero-order chi connectivity index (χ0) is 19.9. The molecule has 28 heavy (non-hydrogen) atoms. The molecule has 1 aromatic carbocycles. The molecule has 3 aromatic rings. The number of nitrogens with one attached hydrogen (secondary N) is 1. The van der Waals surface area contributed by atoms with Gasteiger partial charge >= 0.3 is 0 Å². The third-order valence-electron chi connectivity index (χ3n) is 4.60. The van der Waals surface area contributed by atoms with Crippen molar-refractivity contribution in [1.82, 2.24) is 24.8 Å². The Labute approximate surface area is 164 Å². The second-order valence-electron chi connectivity index (χ2n) is 6.67. The van der Waals surface area contributed by atoms with Gasteiger partial charge in [0.2, 0.25) is 5.91 Å². The normalized spacial score (nSPS) is 10.8. The van der Waals surface area contributed by atoms with Gasteiger partial charge in [-0.3, -0.25) is 14.6 Å². The third-order valence-corrected chi connectivity index (χ3v) is 4.60. The van der Waals surface area contributed by atoms with Crippen molar-refractivity contribution in [2.24, 2.45) is 0 Å². The molecule has 0 spiro atoms. The molecule has 0 saturated carbocycles. The summed E-state index contributed by atoms with van der Waals surface area (Å²) in [5.41, 5.74) is 2.02. The van der Waals surface area contributed by atoms with Crippen LogP contribution in [0.25, 0.3) is 11.0 Å². The quantitative estimate of drug-likeness (QED) is 0.652. The average Bonchev–Trinajstić information content (AvgIpc) is 3.08. The lowest BCUT2D eigenvalue weighted by Gasteiger charge is -2.18. The Morgan fingerprint density at radius 2 is 1.93 bits per heavy atom. The van der Waals surface area contributed by atoms with Gasteiger partial charge in [-0.25, -0.2) is 4.98 Å². The van der Waals surface area contributed by atoms with Gasteiger partial charge in [-0.15, -0.1) is 0 Å². The molecular weight excluding hydrogens is 354 g/mol. The Morgan fingerprint density at radius 1 is 1.14 bits per heavy atom. The van der Waals surface area contributed by atoms with Crippen LogP contribution < -0.4 is 5.32 Å². The summed E-state index contributed by atoms with van der Waals surface area (Å²) in [4.78, 5) is 35.4. The standard InChI is InChI=1S/C21H25N5O2/c1-3-4-13-25(2)20(27)15-26-18-11-6-5-9-16(18)24-19(26)14-23-21(28)17-10-7-8-12-22-17/h5-12H,3-4,13-15H2,1-2H3,(H,23,28). The van der Waals surface area contributed by atoms with E-state index in [1.54, 1.807) is 29.3 Å². The summed E-state index contributed by atoms with van der Waals surface area (Å²) in [6.07, 6.45) is 3.59. The van der Waals surface area contributed by atoms with E-state index in [0.29, 0.717) is 11.5 Å². The van der Waals surface area contributed by atoms with Crippen LogP contribution in [0.15, 0.2) is 48.7 Å². The molecule has 0 radical (unpaired) electrons. The van der Waals surface area contributed by atoms with Crippen molar-refractivity contribution in [3.63, 3.8) is 0 Å². The first-order valence-electron chi connectivity index (χ1n) is 9.47. The van der Waals surface area contributed by atoms with Crippen molar-refractivity contribution >= 4 is 22.8 Å². The number of imidazole rings is 1. The van der Waals surface area contributed by atoms with Gasteiger partial charge in [0, 0.05) is 19.8 Å². The zero-order valence-corrected chi connectivity index (χ0v) is 16.3. The van der Waals surface area contributed by atoms with Crippen LogP contribution in [0.3, 0.4) is 0 Å². The maximum Gasteiger partial charge on any atom is 0.270 e. The first kappa shape index (κ1) is 19.5. The molecule has 0 atom stereocenters. The van der Waals surface area contributed by atoms with Gasteiger partial charge in [-0.1, -0.05) is 31.5 Å². The fourth-order valence-electron chi connectivity index (χ4n) is 2.96. The van der Waals surface area contributed by atoms with Crippen LogP contribution in [-0.4, -0.2) is 44.8 Å². The van der Waals surface area contributed by atoms with Crippen LogP contribution >= 0.6 is 0 Å². The lowest BCUT2D eigenvalue weighted by atomic mass is 10.3. The van der Waals surface area contributed by atoms with Crippen molar-refractivity contribution in [1.29, 1.82) is 0 Å². The van der Waals surface area contributed by atoms with Crippen LogP contribution in [0.1, 0.15) is 36.1 Å². The SMILES string of the molecule is CCCCN(C)C(=O)Cn1c(CNC(=O)c2ccccn2)nc2ccccc21. The Kier molecular flexibility index (Phi) is 6.37. The Bertz CT molecular complexity index is 952. The monoisotopic (exact) mass is 379 g/mol. The van der Waals surface area contributed by atoms with Gasteiger partial charge in [0.1, 0.15) is 18.1 Å². The fraction of sp³-hybridized carbons (Fsp3) is 0.333. The number of likely N-dealkylation sites (N-methyl/N-ethyl adjacent to an activating group) is 1. The number of amides is 2. The second-order valence-corrected chi connectivity index (χ2v) is 6.67. The van der Waals surface area contributed by atoms with E-state index >= 15 is 0 Å². The van der Waals surface area contributed by atoms with Crippen LogP contribution in [0.4, 0.5) is 0 Å². The summed E-state index contributed by atoms with van der Waals surface area (Å²) in [6, 6.07) is 12.9. The largest absolute Gasteiger partial charge is 0.344 e. The number of nitrogens with zero attached hydrogens (tertiary/aromatic N) is 4. The number of pyridine rings is 1. The Morgan fingerprint density at radius 3 is 2.68 bits per heavy atom. The van der Waals surface area contributed by atoms with E-state index in [0.717, 1.165) is 30.4 Å². The van der Waals surface area contributed by atoms with Gasteiger partial charge in [0.25, 0.3) is 5.91 Å². The lowest BCUT2D eigenvalue weighted by molar-refractivity contribution is -0.130. The molecule has 0 unspecified atom stereocenters. The summed E-state index contributed by atoms with van der Waals surface area (Å²) < 4.78 is 1.87. The van der Waals surface area contributed by atoms with Crippen molar-refractivity contribution in [3.05, 3.63) is 60.2 Å². The number of fused-ring (bicyclic) bond motifs is 1. The first-order valence-corrected chi connectivity index (χ1v) is 9.47. The van der Waals surface area contributed by atoms with Crippen molar-refractivity contribution < 1.29 is 9.59 Å². The first-order chi connectivity index (χ1) is 13.6. The third kappa shape index (κ3) is 4.54. The highest BCUT2D eigenvalue weighted by Crippen LogP contribution is 2.16. The highest BCUT2D eigenvalue weighted by molar-refractivity contribution is 5.92. The molecule has 0 aliphatic heterocycles. The van der Waals surface area contributed by atoms with E-state index < -0.39 is 0 Å². The van der Waals surface area contributed by atoms with E-state index in [1.165, 1.54) is 0 Å². The van der Waals surface area contributed by atoms with Crippen molar-refractivity contribution in [2.75, 3.05) is 13.6 Å². The molecule has 0 fully saturated rings. The number of carbonyl (C=O) groups is 2. The molecule has 146 valence electrons. The van der Waals surface area contributed by atoms with E-state index in [1.807, 2.05) is 35.9 Å².